The minimum absolute atomic E-state index is 0.0193. The van der Waals surface area contributed by atoms with E-state index in [1.54, 1.807) is 10.6 Å². The maximum atomic E-state index is 12.4. The van der Waals surface area contributed by atoms with Gasteiger partial charge in [0, 0.05) is 32.1 Å². The van der Waals surface area contributed by atoms with Gasteiger partial charge in [0.25, 0.3) is 5.56 Å². The second-order valence-electron chi connectivity index (χ2n) is 7.06. The summed E-state index contributed by atoms with van der Waals surface area (Å²) < 4.78 is 9.56. The summed E-state index contributed by atoms with van der Waals surface area (Å²) in [4.78, 5) is 16.9. The van der Waals surface area contributed by atoms with E-state index >= 15 is 0 Å². The fraction of sp³-hybridized carbons (Fsp3) is 0.625. The van der Waals surface area contributed by atoms with Crippen LogP contribution < -0.4 is 5.56 Å². The van der Waals surface area contributed by atoms with Gasteiger partial charge in [0.05, 0.1) is 5.69 Å². The van der Waals surface area contributed by atoms with Crippen molar-refractivity contribution in [2.24, 2.45) is 0 Å². The SMILES string of the molecule is CCc1c(C)c(=O)n2cc(C)nc2n1COCC[Si](C)(C)C. The normalized spacial score (nSPS) is 12.3. The van der Waals surface area contributed by atoms with E-state index in [0.29, 0.717) is 12.5 Å². The van der Waals surface area contributed by atoms with E-state index in [9.17, 15) is 4.79 Å². The van der Waals surface area contributed by atoms with Crippen LogP contribution >= 0.6 is 0 Å². The highest BCUT2D eigenvalue weighted by Gasteiger charge is 2.16. The van der Waals surface area contributed by atoms with Gasteiger partial charge >= 0.3 is 0 Å². The molecule has 0 fully saturated rings. The monoisotopic (exact) mass is 321 g/mol. The lowest BCUT2D eigenvalue weighted by Crippen LogP contribution is -2.26. The number of aromatic nitrogens is 3. The first-order valence-corrected chi connectivity index (χ1v) is 11.6. The quantitative estimate of drug-likeness (QED) is 0.607. The summed E-state index contributed by atoms with van der Waals surface area (Å²) in [6.07, 6.45) is 2.59. The number of hydrogen-bond donors (Lipinski definition) is 0. The average molecular weight is 321 g/mol. The van der Waals surface area contributed by atoms with E-state index < -0.39 is 8.07 Å². The van der Waals surface area contributed by atoms with Gasteiger partial charge in [-0.15, -0.1) is 0 Å². The van der Waals surface area contributed by atoms with E-state index in [0.717, 1.165) is 36.0 Å². The van der Waals surface area contributed by atoms with Crippen LogP contribution in [-0.4, -0.2) is 28.6 Å². The summed E-state index contributed by atoms with van der Waals surface area (Å²) in [7, 11) is -1.09. The number of rotatable bonds is 6. The largest absolute Gasteiger partial charge is 0.361 e. The molecule has 0 N–H and O–H groups in total. The van der Waals surface area contributed by atoms with Crippen molar-refractivity contribution in [2.75, 3.05) is 6.61 Å². The van der Waals surface area contributed by atoms with Crippen LogP contribution in [0.15, 0.2) is 11.0 Å². The van der Waals surface area contributed by atoms with Crippen LogP contribution in [0.2, 0.25) is 25.7 Å². The Balaban J connectivity index is 2.35. The summed E-state index contributed by atoms with van der Waals surface area (Å²) in [5.41, 5.74) is 2.66. The zero-order valence-electron chi connectivity index (χ0n) is 14.6. The zero-order chi connectivity index (χ0) is 16.5. The van der Waals surface area contributed by atoms with Crippen molar-refractivity contribution in [3.8, 4) is 0 Å². The van der Waals surface area contributed by atoms with Gasteiger partial charge in [0.15, 0.2) is 0 Å². The molecule has 0 unspecified atom stereocenters. The van der Waals surface area contributed by atoms with E-state index in [4.69, 9.17) is 4.74 Å². The molecule has 0 aliphatic carbocycles. The maximum Gasteiger partial charge on any atom is 0.262 e. The molecular formula is C16H27N3O2Si. The molecule has 0 aliphatic heterocycles. The molecule has 22 heavy (non-hydrogen) atoms. The zero-order valence-corrected chi connectivity index (χ0v) is 15.6. The van der Waals surface area contributed by atoms with Crippen LogP contribution in [0.3, 0.4) is 0 Å². The van der Waals surface area contributed by atoms with Crippen molar-refractivity contribution in [2.45, 2.75) is 59.6 Å². The molecule has 0 aliphatic rings. The molecule has 2 heterocycles. The van der Waals surface area contributed by atoms with Gasteiger partial charge in [-0.1, -0.05) is 26.6 Å². The van der Waals surface area contributed by atoms with Gasteiger partial charge in [-0.3, -0.25) is 13.8 Å². The minimum Gasteiger partial charge on any atom is -0.361 e. The van der Waals surface area contributed by atoms with Crippen LogP contribution in [0.4, 0.5) is 0 Å². The lowest BCUT2D eigenvalue weighted by molar-refractivity contribution is 0.0867. The average Bonchev–Trinajstić information content (AvgIpc) is 2.81. The number of hydrogen-bond acceptors (Lipinski definition) is 3. The third-order valence-corrected chi connectivity index (χ3v) is 5.60. The highest BCUT2D eigenvalue weighted by molar-refractivity contribution is 6.76. The highest BCUT2D eigenvalue weighted by atomic mass is 28.3. The second-order valence-corrected chi connectivity index (χ2v) is 12.7. The van der Waals surface area contributed by atoms with Gasteiger partial charge in [0.1, 0.15) is 6.73 Å². The van der Waals surface area contributed by atoms with Crippen molar-refractivity contribution < 1.29 is 4.74 Å². The fourth-order valence-corrected chi connectivity index (χ4v) is 3.33. The third kappa shape index (κ3) is 3.49. The first-order chi connectivity index (χ1) is 10.2. The molecular weight excluding hydrogens is 294 g/mol. The minimum atomic E-state index is -1.09. The summed E-state index contributed by atoms with van der Waals surface area (Å²) in [6.45, 7) is 14.1. The summed E-state index contributed by atoms with van der Waals surface area (Å²) >= 11 is 0. The Kier molecular flexibility index (Phi) is 4.92. The summed E-state index contributed by atoms with van der Waals surface area (Å²) in [6, 6.07) is 1.14. The van der Waals surface area contributed by atoms with Gasteiger partial charge in [-0.05, 0) is 26.3 Å². The van der Waals surface area contributed by atoms with Gasteiger partial charge < -0.3 is 4.74 Å². The molecule has 0 saturated heterocycles. The summed E-state index contributed by atoms with van der Waals surface area (Å²) in [5.74, 6) is 0.679. The van der Waals surface area contributed by atoms with Crippen molar-refractivity contribution in [3.63, 3.8) is 0 Å². The van der Waals surface area contributed by atoms with Crippen LogP contribution in [0.25, 0.3) is 5.78 Å². The number of aryl methyl sites for hydroxylation is 1. The molecule has 122 valence electrons. The Morgan fingerprint density at radius 1 is 1.27 bits per heavy atom. The Labute approximate surface area is 133 Å². The molecule has 2 rings (SSSR count). The summed E-state index contributed by atoms with van der Waals surface area (Å²) in [5, 5.41) is 0. The van der Waals surface area contributed by atoms with Crippen molar-refractivity contribution >= 4 is 13.9 Å². The number of imidazole rings is 1. The van der Waals surface area contributed by atoms with Crippen LogP contribution in [0.5, 0.6) is 0 Å². The predicted molar refractivity (Wildman–Crippen MR) is 92.4 cm³/mol. The Bertz CT molecular complexity index is 726. The van der Waals surface area contributed by atoms with Crippen LogP contribution in [0.1, 0.15) is 23.9 Å². The Hall–Kier alpha value is -1.40. The van der Waals surface area contributed by atoms with Crippen molar-refractivity contribution in [3.05, 3.63) is 33.5 Å². The Morgan fingerprint density at radius 3 is 2.55 bits per heavy atom. The molecule has 5 nitrogen and oxygen atoms in total. The van der Waals surface area contributed by atoms with E-state index in [1.165, 1.54) is 0 Å². The molecule has 0 amide bonds. The van der Waals surface area contributed by atoms with E-state index in [-0.39, 0.29) is 5.56 Å². The number of nitrogens with zero attached hydrogens (tertiary/aromatic N) is 3. The fourth-order valence-electron chi connectivity index (χ4n) is 2.58. The molecule has 0 atom stereocenters. The Morgan fingerprint density at radius 2 is 1.95 bits per heavy atom. The molecule has 0 aromatic carbocycles. The maximum absolute atomic E-state index is 12.4. The third-order valence-electron chi connectivity index (χ3n) is 3.90. The predicted octanol–water partition coefficient (Wildman–Crippen LogP) is 2.99. The van der Waals surface area contributed by atoms with Crippen LogP contribution in [-0.2, 0) is 17.9 Å². The van der Waals surface area contributed by atoms with Gasteiger partial charge in [-0.2, -0.15) is 0 Å². The topological polar surface area (TPSA) is 48.5 Å². The van der Waals surface area contributed by atoms with E-state index in [2.05, 4.69) is 31.5 Å². The van der Waals surface area contributed by atoms with E-state index in [1.807, 2.05) is 18.4 Å². The first kappa shape index (κ1) is 17.0. The standard InChI is InChI=1S/C16H27N3O2Si/c1-7-14-13(3)15(20)18-10-12(2)17-16(18)19(14)11-21-8-9-22(4,5)6/h10H,7-9,11H2,1-6H3. The molecule has 2 aromatic rings. The highest BCUT2D eigenvalue weighted by Crippen LogP contribution is 2.13. The molecule has 0 saturated carbocycles. The van der Waals surface area contributed by atoms with Crippen LogP contribution in [0, 0.1) is 13.8 Å². The molecule has 6 heteroatoms. The first-order valence-electron chi connectivity index (χ1n) is 7.90. The lowest BCUT2D eigenvalue weighted by atomic mass is 10.2. The lowest BCUT2D eigenvalue weighted by Gasteiger charge is -2.19. The van der Waals surface area contributed by atoms with Gasteiger partial charge in [0.2, 0.25) is 5.78 Å². The second kappa shape index (κ2) is 6.38. The number of ether oxygens (including phenoxy) is 1. The number of fused-ring (bicyclic) bond motifs is 1. The smallest absolute Gasteiger partial charge is 0.262 e. The van der Waals surface area contributed by atoms with Gasteiger partial charge in [-0.25, -0.2) is 4.98 Å². The molecule has 2 aromatic heterocycles. The molecule has 0 bridgehead atoms. The van der Waals surface area contributed by atoms with Crippen molar-refractivity contribution in [1.82, 2.24) is 14.0 Å². The molecule has 0 radical (unpaired) electrons. The molecule has 0 spiro atoms. The van der Waals surface area contributed by atoms with Crippen molar-refractivity contribution in [1.29, 1.82) is 0 Å².